The Kier molecular flexibility index (Phi) is 8.11. The molecule has 1 aromatic rings. The van der Waals surface area contributed by atoms with E-state index in [0.29, 0.717) is 0 Å². The zero-order valence-electron chi connectivity index (χ0n) is 12.7. The van der Waals surface area contributed by atoms with Crippen LogP contribution in [0.25, 0.3) is 0 Å². The van der Waals surface area contributed by atoms with Crippen molar-refractivity contribution in [3.63, 3.8) is 0 Å². The molecule has 0 saturated heterocycles. The number of benzene rings is 1. The van der Waals surface area contributed by atoms with Crippen molar-refractivity contribution in [2.45, 2.75) is 58.3 Å². The molecule has 0 atom stereocenters. The fourth-order valence-electron chi connectivity index (χ4n) is 2.42. The molecule has 0 unspecified atom stereocenters. The van der Waals surface area contributed by atoms with Crippen molar-refractivity contribution in [2.75, 3.05) is 14.2 Å². The molecule has 1 aromatic carbocycles. The molecular weight excluding hydrogens is 236 g/mol. The van der Waals surface area contributed by atoms with E-state index in [1.807, 2.05) is 12.1 Å². The van der Waals surface area contributed by atoms with Crippen molar-refractivity contribution >= 4 is 0 Å². The van der Waals surface area contributed by atoms with Gasteiger partial charge in [-0.15, -0.1) is 0 Å². The molecule has 0 aliphatic rings. The SMILES string of the molecule is CCCCCCCCCc1cccc(OC)c1OC. The highest BCUT2D eigenvalue weighted by Crippen LogP contribution is 2.31. The number of unbranched alkanes of at least 4 members (excludes halogenated alkanes) is 6. The summed E-state index contributed by atoms with van der Waals surface area (Å²) in [6.45, 7) is 2.26. The number of methoxy groups -OCH3 is 2. The van der Waals surface area contributed by atoms with E-state index in [1.54, 1.807) is 14.2 Å². The maximum atomic E-state index is 5.45. The molecule has 2 heteroatoms. The molecule has 0 amide bonds. The molecular formula is C17H28O2. The van der Waals surface area contributed by atoms with Crippen molar-refractivity contribution in [3.8, 4) is 11.5 Å². The van der Waals surface area contributed by atoms with E-state index in [9.17, 15) is 0 Å². The number of ether oxygens (including phenoxy) is 2. The first-order valence-electron chi connectivity index (χ1n) is 7.53. The molecule has 0 fully saturated rings. The van der Waals surface area contributed by atoms with E-state index in [-0.39, 0.29) is 0 Å². The van der Waals surface area contributed by atoms with Crippen LogP contribution in [0.5, 0.6) is 11.5 Å². The maximum absolute atomic E-state index is 5.45. The standard InChI is InChI=1S/C17H28O2/c1-4-5-6-7-8-9-10-12-15-13-11-14-16(18-2)17(15)19-3/h11,13-14H,4-10,12H2,1-3H3. The van der Waals surface area contributed by atoms with Gasteiger partial charge in [0.25, 0.3) is 0 Å². The van der Waals surface area contributed by atoms with E-state index >= 15 is 0 Å². The maximum Gasteiger partial charge on any atom is 0.163 e. The normalized spacial score (nSPS) is 10.5. The summed E-state index contributed by atoms with van der Waals surface area (Å²) in [6, 6.07) is 6.13. The molecule has 0 bridgehead atoms. The molecule has 108 valence electrons. The summed E-state index contributed by atoms with van der Waals surface area (Å²) in [4.78, 5) is 0. The highest BCUT2D eigenvalue weighted by molar-refractivity contribution is 5.46. The van der Waals surface area contributed by atoms with Gasteiger partial charge in [-0.25, -0.2) is 0 Å². The van der Waals surface area contributed by atoms with E-state index in [2.05, 4.69) is 13.0 Å². The van der Waals surface area contributed by atoms with Crippen molar-refractivity contribution < 1.29 is 9.47 Å². The van der Waals surface area contributed by atoms with Crippen molar-refractivity contribution in [1.29, 1.82) is 0 Å². The van der Waals surface area contributed by atoms with Gasteiger partial charge < -0.3 is 9.47 Å². The lowest BCUT2D eigenvalue weighted by atomic mass is 10.0. The van der Waals surface area contributed by atoms with Gasteiger partial charge in [0, 0.05) is 0 Å². The minimum absolute atomic E-state index is 0.836. The topological polar surface area (TPSA) is 18.5 Å². The number of hydrogen-bond donors (Lipinski definition) is 0. The third-order valence-corrected chi connectivity index (χ3v) is 3.53. The third-order valence-electron chi connectivity index (χ3n) is 3.53. The van der Waals surface area contributed by atoms with Gasteiger partial charge in [0.1, 0.15) is 0 Å². The van der Waals surface area contributed by atoms with Crippen LogP contribution in [0.1, 0.15) is 57.4 Å². The van der Waals surface area contributed by atoms with Gasteiger partial charge in [-0.05, 0) is 24.5 Å². The molecule has 0 spiro atoms. The second kappa shape index (κ2) is 9.71. The molecule has 0 radical (unpaired) electrons. The summed E-state index contributed by atoms with van der Waals surface area (Å²) >= 11 is 0. The predicted octanol–water partition coefficient (Wildman–Crippen LogP) is 5.00. The third kappa shape index (κ3) is 5.54. The quantitative estimate of drug-likeness (QED) is 0.554. The van der Waals surface area contributed by atoms with Crippen molar-refractivity contribution in [2.24, 2.45) is 0 Å². The average molecular weight is 264 g/mol. The fraction of sp³-hybridized carbons (Fsp3) is 0.647. The molecule has 0 N–H and O–H groups in total. The molecule has 0 aliphatic heterocycles. The van der Waals surface area contributed by atoms with Crippen LogP contribution in [-0.2, 0) is 6.42 Å². The molecule has 0 heterocycles. The molecule has 0 aliphatic carbocycles. The van der Waals surface area contributed by atoms with Crippen LogP contribution in [-0.4, -0.2) is 14.2 Å². The lowest BCUT2D eigenvalue weighted by Crippen LogP contribution is -1.96. The minimum atomic E-state index is 0.836. The molecule has 2 nitrogen and oxygen atoms in total. The Hall–Kier alpha value is -1.18. The summed E-state index contributed by atoms with van der Waals surface area (Å²) in [5.74, 6) is 1.74. The first-order chi connectivity index (χ1) is 9.33. The van der Waals surface area contributed by atoms with Crippen LogP contribution in [0, 0.1) is 0 Å². The smallest absolute Gasteiger partial charge is 0.163 e. The Morgan fingerprint density at radius 2 is 1.53 bits per heavy atom. The Morgan fingerprint density at radius 1 is 0.842 bits per heavy atom. The van der Waals surface area contributed by atoms with Gasteiger partial charge in [0.05, 0.1) is 14.2 Å². The van der Waals surface area contributed by atoms with Crippen LogP contribution in [0.2, 0.25) is 0 Å². The molecule has 0 saturated carbocycles. The molecule has 19 heavy (non-hydrogen) atoms. The lowest BCUT2D eigenvalue weighted by molar-refractivity contribution is 0.351. The van der Waals surface area contributed by atoms with Crippen LogP contribution in [0.3, 0.4) is 0 Å². The summed E-state index contributed by atoms with van der Waals surface area (Å²) in [5, 5.41) is 0. The second-order valence-corrected chi connectivity index (χ2v) is 5.02. The number of aryl methyl sites for hydroxylation is 1. The Morgan fingerprint density at radius 3 is 2.16 bits per heavy atom. The zero-order chi connectivity index (χ0) is 13.9. The van der Waals surface area contributed by atoms with E-state index < -0.39 is 0 Å². The van der Waals surface area contributed by atoms with E-state index in [0.717, 1.165) is 17.9 Å². The second-order valence-electron chi connectivity index (χ2n) is 5.02. The van der Waals surface area contributed by atoms with Gasteiger partial charge in [0.2, 0.25) is 0 Å². The van der Waals surface area contributed by atoms with E-state index in [4.69, 9.17) is 9.47 Å². The Balaban J connectivity index is 2.33. The minimum Gasteiger partial charge on any atom is -0.493 e. The van der Waals surface area contributed by atoms with Crippen LogP contribution in [0.4, 0.5) is 0 Å². The largest absolute Gasteiger partial charge is 0.493 e. The first kappa shape index (κ1) is 15.9. The first-order valence-corrected chi connectivity index (χ1v) is 7.53. The predicted molar refractivity (Wildman–Crippen MR) is 81.2 cm³/mol. The van der Waals surface area contributed by atoms with Gasteiger partial charge in [-0.2, -0.15) is 0 Å². The fourth-order valence-corrected chi connectivity index (χ4v) is 2.42. The van der Waals surface area contributed by atoms with E-state index in [1.165, 1.54) is 50.5 Å². The van der Waals surface area contributed by atoms with Crippen molar-refractivity contribution in [1.82, 2.24) is 0 Å². The van der Waals surface area contributed by atoms with Gasteiger partial charge in [-0.3, -0.25) is 0 Å². The highest BCUT2D eigenvalue weighted by Gasteiger charge is 2.08. The lowest BCUT2D eigenvalue weighted by Gasteiger charge is -2.12. The summed E-state index contributed by atoms with van der Waals surface area (Å²) in [6.07, 6.45) is 10.4. The number of hydrogen-bond acceptors (Lipinski definition) is 2. The summed E-state index contributed by atoms with van der Waals surface area (Å²) in [7, 11) is 3.40. The number of para-hydroxylation sites is 1. The molecule has 1 rings (SSSR count). The van der Waals surface area contributed by atoms with Crippen LogP contribution >= 0.6 is 0 Å². The Labute approximate surface area is 118 Å². The van der Waals surface area contributed by atoms with Crippen LogP contribution in [0.15, 0.2) is 18.2 Å². The van der Waals surface area contributed by atoms with Crippen molar-refractivity contribution in [3.05, 3.63) is 23.8 Å². The Bertz CT molecular complexity index is 347. The highest BCUT2D eigenvalue weighted by atomic mass is 16.5. The van der Waals surface area contributed by atoms with Gasteiger partial charge in [0.15, 0.2) is 11.5 Å². The summed E-state index contributed by atoms with van der Waals surface area (Å²) in [5.41, 5.74) is 1.26. The van der Waals surface area contributed by atoms with Gasteiger partial charge >= 0.3 is 0 Å². The van der Waals surface area contributed by atoms with Crippen LogP contribution < -0.4 is 9.47 Å². The number of rotatable bonds is 10. The average Bonchev–Trinajstić information content (AvgIpc) is 2.45. The monoisotopic (exact) mass is 264 g/mol. The summed E-state index contributed by atoms with van der Waals surface area (Å²) < 4.78 is 10.8. The zero-order valence-corrected chi connectivity index (χ0v) is 12.7. The molecule has 0 aromatic heterocycles. The van der Waals surface area contributed by atoms with Gasteiger partial charge in [-0.1, -0.05) is 57.6 Å².